The SMILES string of the molecule is CC(=O)N1CCC[C@@H](Cn2c(-c3cc(C)c(=O)n(C)c3)nc3ccc(CNC(C(=O)OCC(C)C)C(C)O)cc32)C1. The van der Waals surface area contributed by atoms with Crippen LogP contribution in [-0.4, -0.2) is 67.8 Å². The molecule has 1 aromatic carbocycles. The fourth-order valence-electron chi connectivity index (χ4n) is 5.46. The number of aliphatic hydroxyl groups excluding tert-OH is 1. The van der Waals surface area contributed by atoms with Gasteiger partial charge < -0.3 is 23.9 Å². The Morgan fingerprint density at radius 3 is 2.63 bits per heavy atom. The van der Waals surface area contributed by atoms with Crippen LogP contribution in [0.1, 0.15) is 51.7 Å². The molecule has 0 spiro atoms. The number of hydrogen-bond donors (Lipinski definition) is 2. The summed E-state index contributed by atoms with van der Waals surface area (Å²) >= 11 is 0. The number of rotatable bonds is 10. The number of piperidine rings is 1. The number of nitrogens with zero attached hydrogens (tertiary/aromatic N) is 4. The predicted molar refractivity (Wildman–Crippen MR) is 158 cm³/mol. The van der Waals surface area contributed by atoms with Crippen molar-refractivity contribution in [2.24, 2.45) is 18.9 Å². The van der Waals surface area contributed by atoms with Gasteiger partial charge in [-0.15, -0.1) is 0 Å². The van der Waals surface area contributed by atoms with E-state index in [0.717, 1.165) is 47.4 Å². The van der Waals surface area contributed by atoms with E-state index in [1.54, 1.807) is 32.4 Å². The van der Waals surface area contributed by atoms with Crippen LogP contribution in [-0.2, 0) is 34.5 Å². The molecule has 1 fully saturated rings. The summed E-state index contributed by atoms with van der Waals surface area (Å²) in [6.45, 7) is 11.7. The second-order valence-electron chi connectivity index (χ2n) is 11.8. The molecule has 1 amide bonds. The number of fused-ring (bicyclic) bond motifs is 1. The Labute approximate surface area is 241 Å². The molecule has 3 atom stereocenters. The molecule has 1 saturated heterocycles. The van der Waals surface area contributed by atoms with Gasteiger partial charge in [0.25, 0.3) is 5.56 Å². The lowest BCUT2D eigenvalue weighted by Gasteiger charge is -2.32. The molecule has 0 saturated carbocycles. The van der Waals surface area contributed by atoms with E-state index in [0.29, 0.717) is 31.8 Å². The minimum absolute atomic E-state index is 0.0475. The molecule has 4 rings (SSSR count). The standard InChI is InChI=1S/C31H43N5O5/c1-19(2)18-41-31(40)28(21(4)37)32-14-23-9-10-26-27(13-23)36(16-24-8-7-11-35(15-24)22(5)38)29(33-26)25-12-20(3)30(39)34(6)17-25/h9-10,12-13,17,19,21,24,28,32,37H,7-8,11,14-16,18H2,1-6H3/t21?,24-,28?/m1/s1. The van der Waals surface area contributed by atoms with E-state index in [9.17, 15) is 19.5 Å². The topological polar surface area (TPSA) is 119 Å². The van der Waals surface area contributed by atoms with Gasteiger partial charge in [0.2, 0.25) is 5.91 Å². The van der Waals surface area contributed by atoms with E-state index in [2.05, 4.69) is 16.0 Å². The highest BCUT2D eigenvalue weighted by atomic mass is 16.5. The van der Waals surface area contributed by atoms with Gasteiger partial charge in [-0.3, -0.25) is 19.7 Å². The third-order valence-corrected chi connectivity index (χ3v) is 7.66. The summed E-state index contributed by atoms with van der Waals surface area (Å²) in [4.78, 5) is 44.0. The van der Waals surface area contributed by atoms with Crippen LogP contribution < -0.4 is 10.9 Å². The van der Waals surface area contributed by atoms with Crippen molar-refractivity contribution in [3.63, 3.8) is 0 Å². The van der Waals surface area contributed by atoms with Crippen LogP contribution in [0.4, 0.5) is 0 Å². The monoisotopic (exact) mass is 565 g/mol. The predicted octanol–water partition coefficient (Wildman–Crippen LogP) is 3.01. The minimum atomic E-state index is -0.918. The number of carbonyl (C=O) groups excluding carboxylic acids is 2. The fourth-order valence-corrected chi connectivity index (χ4v) is 5.46. The van der Waals surface area contributed by atoms with Crippen molar-refractivity contribution in [1.29, 1.82) is 0 Å². The molecule has 2 unspecified atom stereocenters. The molecule has 10 nitrogen and oxygen atoms in total. The van der Waals surface area contributed by atoms with E-state index in [1.807, 2.05) is 43.1 Å². The van der Waals surface area contributed by atoms with Crippen molar-refractivity contribution < 1.29 is 19.4 Å². The lowest BCUT2D eigenvalue weighted by Crippen LogP contribution is -2.45. The van der Waals surface area contributed by atoms with Crippen LogP contribution in [0.15, 0.2) is 35.3 Å². The Kier molecular flexibility index (Phi) is 9.65. The number of nitrogens with one attached hydrogen (secondary N) is 1. The second-order valence-corrected chi connectivity index (χ2v) is 11.8. The summed E-state index contributed by atoms with van der Waals surface area (Å²) in [7, 11) is 1.74. The quantitative estimate of drug-likeness (QED) is 0.363. The van der Waals surface area contributed by atoms with Gasteiger partial charge in [-0.05, 0) is 62.3 Å². The normalized spacial score (nSPS) is 17.2. The highest BCUT2D eigenvalue weighted by Gasteiger charge is 2.26. The van der Waals surface area contributed by atoms with Crippen molar-refractivity contribution in [2.75, 3.05) is 19.7 Å². The maximum absolute atomic E-state index is 12.6. The zero-order valence-electron chi connectivity index (χ0n) is 25.0. The van der Waals surface area contributed by atoms with E-state index >= 15 is 0 Å². The maximum Gasteiger partial charge on any atom is 0.325 e. The molecule has 3 heterocycles. The number of ether oxygens (including phenoxy) is 1. The van der Waals surface area contributed by atoms with Crippen LogP contribution in [0.3, 0.4) is 0 Å². The molecule has 1 aliphatic rings. The van der Waals surface area contributed by atoms with Crippen molar-refractivity contribution >= 4 is 22.9 Å². The smallest absolute Gasteiger partial charge is 0.325 e. The van der Waals surface area contributed by atoms with Crippen molar-refractivity contribution in [3.8, 4) is 11.4 Å². The largest absolute Gasteiger partial charge is 0.464 e. The van der Waals surface area contributed by atoms with Crippen LogP contribution in [0.2, 0.25) is 0 Å². The highest BCUT2D eigenvalue weighted by molar-refractivity contribution is 5.81. The number of hydrogen-bond acceptors (Lipinski definition) is 7. The lowest BCUT2D eigenvalue weighted by atomic mass is 9.97. The first-order chi connectivity index (χ1) is 19.4. The molecular weight excluding hydrogens is 522 g/mol. The lowest BCUT2D eigenvalue weighted by molar-refractivity contribution is -0.150. The number of carbonyl (C=O) groups is 2. The average molecular weight is 566 g/mol. The summed E-state index contributed by atoms with van der Waals surface area (Å²) < 4.78 is 9.14. The van der Waals surface area contributed by atoms with Gasteiger partial charge in [0, 0.05) is 57.5 Å². The minimum Gasteiger partial charge on any atom is -0.464 e. The first-order valence-electron chi connectivity index (χ1n) is 14.4. The Morgan fingerprint density at radius 2 is 1.98 bits per heavy atom. The van der Waals surface area contributed by atoms with Gasteiger partial charge >= 0.3 is 5.97 Å². The molecule has 3 aromatic rings. The third-order valence-electron chi connectivity index (χ3n) is 7.66. The summed E-state index contributed by atoms with van der Waals surface area (Å²) in [5.41, 5.74) is 4.12. The van der Waals surface area contributed by atoms with Crippen LogP contribution in [0, 0.1) is 18.8 Å². The first-order valence-corrected chi connectivity index (χ1v) is 14.4. The number of aryl methyl sites for hydroxylation is 2. The molecule has 222 valence electrons. The van der Waals surface area contributed by atoms with Gasteiger partial charge in [-0.25, -0.2) is 4.98 Å². The molecule has 10 heteroatoms. The molecule has 0 radical (unpaired) electrons. The van der Waals surface area contributed by atoms with E-state index in [1.165, 1.54) is 0 Å². The fraction of sp³-hybridized carbons (Fsp3) is 0.548. The number of aliphatic hydroxyl groups is 1. The van der Waals surface area contributed by atoms with Gasteiger partial charge in [0.05, 0.1) is 23.7 Å². The van der Waals surface area contributed by atoms with Crippen LogP contribution in [0.5, 0.6) is 0 Å². The number of aromatic nitrogens is 3. The Hall–Kier alpha value is -3.50. The first kappa shape index (κ1) is 30.5. The molecule has 2 aromatic heterocycles. The van der Waals surface area contributed by atoms with Crippen LogP contribution in [0.25, 0.3) is 22.4 Å². The van der Waals surface area contributed by atoms with Gasteiger partial charge in [-0.1, -0.05) is 19.9 Å². The number of imidazole rings is 1. The van der Waals surface area contributed by atoms with E-state index < -0.39 is 18.1 Å². The number of benzene rings is 1. The van der Waals surface area contributed by atoms with E-state index in [-0.39, 0.29) is 23.3 Å². The molecule has 41 heavy (non-hydrogen) atoms. The summed E-state index contributed by atoms with van der Waals surface area (Å²) in [5.74, 6) is 0.844. The average Bonchev–Trinajstić information content (AvgIpc) is 3.27. The van der Waals surface area contributed by atoms with Crippen molar-refractivity contribution in [2.45, 2.75) is 72.7 Å². The molecule has 0 aliphatic carbocycles. The number of amides is 1. The van der Waals surface area contributed by atoms with Gasteiger partial charge in [0.15, 0.2) is 0 Å². The third kappa shape index (κ3) is 7.23. The summed E-state index contributed by atoms with van der Waals surface area (Å²) in [6.07, 6.45) is 2.85. The molecular formula is C31H43N5O5. The summed E-state index contributed by atoms with van der Waals surface area (Å²) in [6, 6.07) is 6.99. The summed E-state index contributed by atoms with van der Waals surface area (Å²) in [5, 5.41) is 13.4. The highest BCUT2D eigenvalue weighted by Crippen LogP contribution is 2.29. The zero-order chi connectivity index (χ0) is 29.8. The van der Waals surface area contributed by atoms with E-state index in [4.69, 9.17) is 9.72 Å². The molecule has 2 N–H and O–H groups in total. The zero-order valence-corrected chi connectivity index (χ0v) is 25.0. The Morgan fingerprint density at radius 1 is 1.22 bits per heavy atom. The molecule has 0 bridgehead atoms. The van der Waals surface area contributed by atoms with Gasteiger partial charge in [0.1, 0.15) is 11.9 Å². The van der Waals surface area contributed by atoms with Crippen molar-refractivity contribution in [1.82, 2.24) is 24.3 Å². The maximum atomic E-state index is 12.6. The number of pyridine rings is 1. The van der Waals surface area contributed by atoms with Crippen LogP contribution >= 0.6 is 0 Å². The molecule has 1 aliphatic heterocycles. The van der Waals surface area contributed by atoms with Crippen molar-refractivity contribution in [3.05, 3.63) is 51.9 Å². The van der Waals surface area contributed by atoms with Gasteiger partial charge in [-0.2, -0.15) is 0 Å². The second kappa shape index (κ2) is 13.0. The number of likely N-dealkylation sites (tertiary alicyclic amines) is 1. The Balaban J connectivity index is 1.68. The number of esters is 1. The Bertz CT molecular complexity index is 1430.